The van der Waals surface area contributed by atoms with E-state index in [2.05, 4.69) is 64.9 Å². The average Bonchev–Trinajstić information content (AvgIpc) is 2.84. The second kappa shape index (κ2) is 5.48. The summed E-state index contributed by atoms with van der Waals surface area (Å²) in [4.78, 5) is 4.58. The zero-order valence-electron chi connectivity index (χ0n) is 11.1. The molecule has 0 aliphatic carbocycles. The molecule has 0 unspecified atom stereocenters. The first-order valence-electron chi connectivity index (χ1n) is 6.57. The van der Waals surface area contributed by atoms with E-state index >= 15 is 0 Å². The SMILES string of the molecule is Brc1cc(Br)nc(-c2c(Br)ccc3c2oc2ccccc23)c1. The fourth-order valence-corrected chi connectivity index (χ4v) is 4.29. The molecule has 0 saturated heterocycles. The Labute approximate surface area is 151 Å². The summed E-state index contributed by atoms with van der Waals surface area (Å²) >= 11 is 10.6. The zero-order valence-corrected chi connectivity index (χ0v) is 15.9. The number of para-hydroxylation sites is 1. The molecule has 2 heterocycles. The van der Waals surface area contributed by atoms with Gasteiger partial charge < -0.3 is 4.42 Å². The lowest BCUT2D eigenvalue weighted by atomic mass is 10.1. The number of rotatable bonds is 1. The summed E-state index contributed by atoms with van der Waals surface area (Å²) < 4.78 is 8.79. The van der Waals surface area contributed by atoms with Crippen LogP contribution in [0.5, 0.6) is 0 Å². The predicted octanol–water partition coefficient (Wildman–Crippen LogP) is 6.94. The van der Waals surface area contributed by atoms with Gasteiger partial charge in [-0.15, -0.1) is 0 Å². The minimum Gasteiger partial charge on any atom is -0.455 e. The first kappa shape index (κ1) is 14.4. The second-order valence-corrected chi connectivity index (χ2v) is 7.47. The maximum Gasteiger partial charge on any atom is 0.145 e. The molecular weight excluding hydrogens is 474 g/mol. The van der Waals surface area contributed by atoms with Gasteiger partial charge in [-0.25, -0.2) is 4.98 Å². The molecule has 0 amide bonds. The molecule has 2 nitrogen and oxygen atoms in total. The molecule has 0 spiro atoms. The summed E-state index contributed by atoms with van der Waals surface area (Å²) in [5, 5.41) is 2.20. The highest BCUT2D eigenvalue weighted by Crippen LogP contribution is 2.40. The average molecular weight is 482 g/mol. The topological polar surface area (TPSA) is 26.0 Å². The third-order valence-electron chi connectivity index (χ3n) is 3.51. The molecular formula is C17H8Br3NO. The maximum atomic E-state index is 6.10. The summed E-state index contributed by atoms with van der Waals surface area (Å²) in [6, 6.07) is 16.1. The van der Waals surface area contributed by atoms with Gasteiger partial charge in [-0.2, -0.15) is 0 Å². The molecule has 0 fully saturated rings. The first-order chi connectivity index (χ1) is 10.6. The highest BCUT2D eigenvalue weighted by Gasteiger charge is 2.16. The number of halogens is 3. The minimum atomic E-state index is 0.775. The van der Waals surface area contributed by atoms with Crippen molar-refractivity contribution in [3.63, 3.8) is 0 Å². The Hall–Kier alpha value is -1.17. The second-order valence-electron chi connectivity index (χ2n) is 4.89. The lowest BCUT2D eigenvalue weighted by molar-refractivity contribution is 0.669. The van der Waals surface area contributed by atoms with Crippen LogP contribution in [-0.4, -0.2) is 4.98 Å². The molecule has 0 saturated carbocycles. The highest BCUT2D eigenvalue weighted by atomic mass is 79.9. The standard InChI is InChI=1S/C17H8Br3NO/c18-9-7-13(21-15(20)8-9)16-12(19)6-5-11-10-3-1-2-4-14(10)22-17(11)16/h1-8H. The molecule has 108 valence electrons. The number of nitrogens with zero attached hydrogens (tertiary/aromatic N) is 1. The van der Waals surface area contributed by atoms with Crippen molar-refractivity contribution in [1.29, 1.82) is 0 Å². The lowest BCUT2D eigenvalue weighted by Crippen LogP contribution is -1.87. The van der Waals surface area contributed by atoms with Gasteiger partial charge in [0.2, 0.25) is 0 Å². The van der Waals surface area contributed by atoms with Crippen LogP contribution in [-0.2, 0) is 0 Å². The normalized spacial score (nSPS) is 11.4. The van der Waals surface area contributed by atoms with E-state index in [0.717, 1.165) is 46.7 Å². The Balaban J connectivity index is 2.14. The molecule has 0 aliphatic rings. The molecule has 22 heavy (non-hydrogen) atoms. The van der Waals surface area contributed by atoms with Gasteiger partial charge in [0.05, 0.1) is 11.3 Å². The largest absolute Gasteiger partial charge is 0.455 e. The lowest BCUT2D eigenvalue weighted by Gasteiger charge is -2.06. The number of hydrogen-bond acceptors (Lipinski definition) is 2. The van der Waals surface area contributed by atoms with Crippen LogP contribution in [0, 0.1) is 0 Å². The van der Waals surface area contributed by atoms with E-state index in [-0.39, 0.29) is 0 Å². The van der Waals surface area contributed by atoms with Gasteiger partial charge in [0, 0.05) is 19.7 Å². The molecule has 0 radical (unpaired) electrons. The molecule has 0 aliphatic heterocycles. The van der Waals surface area contributed by atoms with Crippen molar-refractivity contribution in [1.82, 2.24) is 4.98 Å². The van der Waals surface area contributed by atoms with E-state index in [1.165, 1.54) is 0 Å². The summed E-state index contributed by atoms with van der Waals surface area (Å²) in [6.45, 7) is 0. The van der Waals surface area contributed by atoms with Crippen molar-refractivity contribution in [2.45, 2.75) is 0 Å². The Kier molecular flexibility index (Phi) is 3.59. The van der Waals surface area contributed by atoms with E-state index in [1.54, 1.807) is 0 Å². The van der Waals surface area contributed by atoms with Crippen LogP contribution >= 0.6 is 47.8 Å². The van der Waals surface area contributed by atoms with E-state index in [1.807, 2.05) is 36.4 Å². The van der Waals surface area contributed by atoms with Gasteiger partial charge in [0.15, 0.2) is 0 Å². The summed E-state index contributed by atoms with van der Waals surface area (Å²) in [7, 11) is 0. The van der Waals surface area contributed by atoms with Crippen molar-refractivity contribution in [3.8, 4) is 11.3 Å². The maximum absolute atomic E-state index is 6.10. The quantitative estimate of drug-likeness (QED) is 0.275. The fourth-order valence-electron chi connectivity index (χ4n) is 2.60. The number of fused-ring (bicyclic) bond motifs is 3. The molecule has 5 heteroatoms. The summed E-state index contributed by atoms with van der Waals surface area (Å²) in [5.41, 5.74) is 3.52. The Morgan fingerprint density at radius 3 is 2.50 bits per heavy atom. The van der Waals surface area contributed by atoms with Crippen molar-refractivity contribution >= 4 is 69.7 Å². The van der Waals surface area contributed by atoms with Crippen molar-refractivity contribution < 1.29 is 4.42 Å². The zero-order chi connectivity index (χ0) is 15.3. The van der Waals surface area contributed by atoms with Gasteiger partial charge >= 0.3 is 0 Å². The van der Waals surface area contributed by atoms with E-state index in [4.69, 9.17) is 4.42 Å². The molecule has 0 atom stereocenters. The molecule has 4 rings (SSSR count). The van der Waals surface area contributed by atoms with Gasteiger partial charge in [0.25, 0.3) is 0 Å². The van der Waals surface area contributed by atoms with Gasteiger partial charge in [0.1, 0.15) is 15.8 Å². The third kappa shape index (κ3) is 2.32. The number of benzene rings is 2. The molecule has 4 aromatic rings. The summed E-state index contributed by atoms with van der Waals surface area (Å²) in [6.07, 6.45) is 0. The summed E-state index contributed by atoms with van der Waals surface area (Å²) in [5.74, 6) is 0. The van der Waals surface area contributed by atoms with Crippen molar-refractivity contribution in [3.05, 3.63) is 62.1 Å². The van der Waals surface area contributed by atoms with E-state index in [0.29, 0.717) is 0 Å². The van der Waals surface area contributed by atoms with Crippen LogP contribution in [0.15, 0.2) is 66.5 Å². The first-order valence-corrected chi connectivity index (χ1v) is 8.94. The van der Waals surface area contributed by atoms with Crippen LogP contribution in [0.25, 0.3) is 33.2 Å². The minimum absolute atomic E-state index is 0.775. The van der Waals surface area contributed by atoms with Crippen LogP contribution in [0.3, 0.4) is 0 Å². The molecule has 0 N–H and O–H groups in total. The van der Waals surface area contributed by atoms with E-state index < -0.39 is 0 Å². The Morgan fingerprint density at radius 1 is 0.864 bits per heavy atom. The fraction of sp³-hybridized carbons (Fsp3) is 0. The number of hydrogen-bond donors (Lipinski definition) is 0. The number of pyridine rings is 1. The van der Waals surface area contributed by atoms with Crippen LogP contribution in [0.1, 0.15) is 0 Å². The van der Waals surface area contributed by atoms with Crippen molar-refractivity contribution in [2.24, 2.45) is 0 Å². The van der Waals surface area contributed by atoms with Crippen LogP contribution < -0.4 is 0 Å². The monoisotopic (exact) mass is 479 g/mol. The molecule has 0 bridgehead atoms. The molecule has 2 aromatic heterocycles. The Bertz CT molecular complexity index is 1000. The van der Waals surface area contributed by atoms with Crippen LogP contribution in [0.2, 0.25) is 0 Å². The van der Waals surface area contributed by atoms with Gasteiger partial charge in [-0.3, -0.25) is 0 Å². The number of aromatic nitrogens is 1. The van der Waals surface area contributed by atoms with Gasteiger partial charge in [-0.1, -0.05) is 34.1 Å². The predicted molar refractivity (Wildman–Crippen MR) is 100 cm³/mol. The van der Waals surface area contributed by atoms with E-state index in [9.17, 15) is 0 Å². The highest BCUT2D eigenvalue weighted by molar-refractivity contribution is 9.11. The third-order valence-corrected chi connectivity index (χ3v) is 5.04. The smallest absolute Gasteiger partial charge is 0.145 e. The van der Waals surface area contributed by atoms with Crippen molar-refractivity contribution in [2.75, 3.05) is 0 Å². The Morgan fingerprint density at radius 2 is 1.68 bits per heavy atom. The van der Waals surface area contributed by atoms with Crippen LogP contribution in [0.4, 0.5) is 0 Å². The molecule has 2 aromatic carbocycles. The van der Waals surface area contributed by atoms with Gasteiger partial charge in [-0.05, 0) is 62.2 Å². The number of furan rings is 1.